The van der Waals surface area contributed by atoms with Gasteiger partial charge in [0.1, 0.15) is 0 Å². The first-order valence-electron chi connectivity index (χ1n) is 3.65. The van der Waals surface area contributed by atoms with Crippen LogP contribution >= 0.6 is 0 Å². The molecule has 0 fully saturated rings. The quantitative estimate of drug-likeness (QED) is 0.578. The number of allylic oxidation sites excluding steroid dienone is 1. The molecule has 1 aliphatic carbocycles. The molecular weight excluding hydrogens is 128 g/mol. The summed E-state index contributed by atoms with van der Waals surface area (Å²) in [5, 5.41) is 0. The molecule has 0 aromatic heterocycles. The molecule has 0 aliphatic heterocycles. The molecule has 0 saturated heterocycles. The van der Waals surface area contributed by atoms with Gasteiger partial charge in [-0.1, -0.05) is 6.08 Å². The smallest absolute Gasteiger partial charge is 0.155 e. The average molecular weight is 140 g/mol. The Hall–Kier alpha value is -0.630. The SMILES string of the molecule is CCO[C@H]1C=CC(=O)CC1. The minimum absolute atomic E-state index is 0.183. The highest BCUT2D eigenvalue weighted by atomic mass is 16.5. The summed E-state index contributed by atoms with van der Waals surface area (Å²) in [6.45, 7) is 2.69. The van der Waals surface area contributed by atoms with Crippen molar-refractivity contribution in [3.05, 3.63) is 12.2 Å². The molecule has 1 aliphatic rings. The van der Waals surface area contributed by atoms with E-state index in [4.69, 9.17) is 4.74 Å². The molecule has 10 heavy (non-hydrogen) atoms. The van der Waals surface area contributed by atoms with E-state index in [-0.39, 0.29) is 11.9 Å². The molecule has 2 heteroatoms. The van der Waals surface area contributed by atoms with E-state index in [1.165, 1.54) is 0 Å². The van der Waals surface area contributed by atoms with Gasteiger partial charge in [0.2, 0.25) is 0 Å². The number of rotatable bonds is 2. The summed E-state index contributed by atoms with van der Waals surface area (Å²) in [5.41, 5.74) is 0. The van der Waals surface area contributed by atoms with Gasteiger partial charge in [-0.25, -0.2) is 0 Å². The van der Waals surface area contributed by atoms with Crippen molar-refractivity contribution in [3.8, 4) is 0 Å². The van der Waals surface area contributed by atoms with Crippen LogP contribution < -0.4 is 0 Å². The molecular formula is C8H12O2. The second-order valence-corrected chi connectivity index (χ2v) is 2.36. The normalized spacial score (nSPS) is 25.3. The zero-order valence-corrected chi connectivity index (χ0v) is 6.17. The molecule has 0 aromatic carbocycles. The monoisotopic (exact) mass is 140 g/mol. The van der Waals surface area contributed by atoms with Gasteiger partial charge in [0, 0.05) is 13.0 Å². The molecule has 0 aromatic rings. The lowest BCUT2D eigenvalue weighted by Crippen LogP contribution is -2.15. The Bertz CT molecular complexity index is 149. The minimum Gasteiger partial charge on any atom is -0.374 e. The summed E-state index contributed by atoms with van der Waals surface area (Å²) in [5.74, 6) is 0.218. The molecule has 0 N–H and O–H groups in total. The number of hydrogen-bond acceptors (Lipinski definition) is 2. The van der Waals surface area contributed by atoms with E-state index in [1.807, 2.05) is 13.0 Å². The second kappa shape index (κ2) is 3.52. The fourth-order valence-corrected chi connectivity index (χ4v) is 1.03. The Morgan fingerprint density at radius 3 is 3.10 bits per heavy atom. The highest BCUT2D eigenvalue weighted by Gasteiger charge is 2.11. The summed E-state index contributed by atoms with van der Waals surface area (Å²) in [7, 11) is 0. The topological polar surface area (TPSA) is 26.3 Å². The zero-order valence-electron chi connectivity index (χ0n) is 6.17. The Kier molecular flexibility index (Phi) is 2.63. The van der Waals surface area contributed by atoms with Gasteiger partial charge in [0.05, 0.1) is 6.10 Å². The van der Waals surface area contributed by atoms with Crippen LogP contribution in [0.4, 0.5) is 0 Å². The number of carbonyl (C=O) groups excluding carboxylic acids is 1. The highest BCUT2D eigenvalue weighted by molar-refractivity contribution is 5.90. The molecule has 2 nitrogen and oxygen atoms in total. The van der Waals surface area contributed by atoms with Crippen LogP contribution in [-0.4, -0.2) is 18.5 Å². The lowest BCUT2D eigenvalue weighted by Gasteiger charge is -2.14. The molecule has 0 heterocycles. The lowest BCUT2D eigenvalue weighted by molar-refractivity contribution is -0.115. The van der Waals surface area contributed by atoms with Crippen LogP contribution in [0.5, 0.6) is 0 Å². The van der Waals surface area contributed by atoms with E-state index < -0.39 is 0 Å². The third-order valence-corrected chi connectivity index (χ3v) is 1.55. The largest absolute Gasteiger partial charge is 0.374 e. The van der Waals surface area contributed by atoms with Gasteiger partial charge in [0.25, 0.3) is 0 Å². The first-order chi connectivity index (χ1) is 4.83. The molecule has 0 amide bonds. The predicted octanol–water partition coefficient (Wildman–Crippen LogP) is 1.31. The van der Waals surface area contributed by atoms with E-state index in [2.05, 4.69) is 0 Å². The highest BCUT2D eigenvalue weighted by Crippen LogP contribution is 2.10. The van der Waals surface area contributed by atoms with Gasteiger partial charge in [-0.05, 0) is 19.4 Å². The van der Waals surface area contributed by atoms with Crippen molar-refractivity contribution in [2.75, 3.05) is 6.61 Å². The predicted molar refractivity (Wildman–Crippen MR) is 38.8 cm³/mol. The summed E-state index contributed by atoms with van der Waals surface area (Å²) < 4.78 is 5.29. The zero-order chi connectivity index (χ0) is 7.40. The molecule has 0 bridgehead atoms. The van der Waals surface area contributed by atoms with Crippen LogP contribution in [0.1, 0.15) is 19.8 Å². The van der Waals surface area contributed by atoms with Crippen LogP contribution in [-0.2, 0) is 9.53 Å². The van der Waals surface area contributed by atoms with Gasteiger partial charge >= 0.3 is 0 Å². The van der Waals surface area contributed by atoms with Crippen LogP contribution in [0.15, 0.2) is 12.2 Å². The number of hydrogen-bond donors (Lipinski definition) is 0. The number of carbonyl (C=O) groups is 1. The van der Waals surface area contributed by atoms with Crippen molar-refractivity contribution in [3.63, 3.8) is 0 Å². The molecule has 0 spiro atoms. The van der Waals surface area contributed by atoms with Crippen molar-refractivity contribution in [1.82, 2.24) is 0 Å². The Morgan fingerprint density at radius 2 is 2.60 bits per heavy atom. The average Bonchev–Trinajstić information content (AvgIpc) is 1.95. The van der Waals surface area contributed by atoms with Gasteiger partial charge in [-0.2, -0.15) is 0 Å². The molecule has 0 radical (unpaired) electrons. The number of ketones is 1. The van der Waals surface area contributed by atoms with Gasteiger partial charge in [-0.3, -0.25) is 4.79 Å². The third kappa shape index (κ3) is 1.95. The summed E-state index contributed by atoms with van der Waals surface area (Å²) >= 11 is 0. The van der Waals surface area contributed by atoms with E-state index in [1.54, 1.807) is 6.08 Å². The van der Waals surface area contributed by atoms with Crippen molar-refractivity contribution < 1.29 is 9.53 Å². The molecule has 0 unspecified atom stereocenters. The van der Waals surface area contributed by atoms with Crippen LogP contribution in [0.25, 0.3) is 0 Å². The maximum atomic E-state index is 10.7. The summed E-state index contributed by atoms with van der Waals surface area (Å²) in [6, 6.07) is 0. The van der Waals surface area contributed by atoms with E-state index in [0.29, 0.717) is 6.42 Å². The van der Waals surface area contributed by atoms with Crippen LogP contribution in [0, 0.1) is 0 Å². The summed E-state index contributed by atoms with van der Waals surface area (Å²) in [6.07, 6.45) is 5.13. The van der Waals surface area contributed by atoms with E-state index >= 15 is 0 Å². The molecule has 1 atom stereocenters. The lowest BCUT2D eigenvalue weighted by atomic mass is 10.0. The maximum Gasteiger partial charge on any atom is 0.155 e. The van der Waals surface area contributed by atoms with E-state index in [9.17, 15) is 4.79 Å². The van der Waals surface area contributed by atoms with E-state index in [0.717, 1.165) is 13.0 Å². The van der Waals surface area contributed by atoms with Gasteiger partial charge in [-0.15, -0.1) is 0 Å². The van der Waals surface area contributed by atoms with Crippen molar-refractivity contribution in [2.24, 2.45) is 0 Å². The van der Waals surface area contributed by atoms with Crippen molar-refractivity contribution in [2.45, 2.75) is 25.9 Å². The first kappa shape index (κ1) is 7.48. The van der Waals surface area contributed by atoms with Gasteiger partial charge < -0.3 is 4.74 Å². The second-order valence-electron chi connectivity index (χ2n) is 2.36. The van der Waals surface area contributed by atoms with Crippen molar-refractivity contribution in [1.29, 1.82) is 0 Å². The van der Waals surface area contributed by atoms with Crippen molar-refractivity contribution >= 4 is 5.78 Å². The molecule has 56 valence electrons. The molecule has 0 saturated carbocycles. The minimum atomic E-state index is 0.183. The van der Waals surface area contributed by atoms with Crippen LogP contribution in [0.3, 0.4) is 0 Å². The standard InChI is InChI=1S/C8H12O2/c1-2-10-8-5-3-7(9)4-6-8/h3,5,8H,2,4,6H2,1H3/t8-/m0/s1. The Labute approximate surface area is 60.9 Å². The Morgan fingerprint density at radius 1 is 1.80 bits per heavy atom. The number of ether oxygens (including phenoxy) is 1. The molecule has 1 rings (SSSR count). The summed E-state index contributed by atoms with van der Waals surface area (Å²) in [4.78, 5) is 10.7. The van der Waals surface area contributed by atoms with Gasteiger partial charge in [0.15, 0.2) is 5.78 Å². The first-order valence-corrected chi connectivity index (χ1v) is 3.65. The fourth-order valence-electron chi connectivity index (χ4n) is 1.03. The van der Waals surface area contributed by atoms with Crippen LogP contribution in [0.2, 0.25) is 0 Å². The third-order valence-electron chi connectivity index (χ3n) is 1.55. The Balaban J connectivity index is 2.37. The fraction of sp³-hybridized carbons (Fsp3) is 0.625. The maximum absolute atomic E-state index is 10.7.